The highest BCUT2D eigenvalue weighted by Crippen LogP contribution is 2.37. The van der Waals surface area contributed by atoms with Crippen LogP contribution in [0.25, 0.3) is 0 Å². The van der Waals surface area contributed by atoms with E-state index < -0.39 is 90.2 Å². The predicted octanol–water partition coefficient (Wildman–Crippen LogP) is 3.88. The van der Waals surface area contributed by atoms with Crippen LogP contribution in [0.3, 0.4) is 0 Å². The maximum absolute atomic E-state index is 13.9. The molecule has 3 aliphatic rings. The molecule has 7 N–H and O–H groups in total. The number of hydrogen-bond acceptors (Lipinski definition) is 12. The molecule has 2 saturated heterocycles. The molecular weight excluding hydrogens is 734 g/mol. The van der Waals surface area contributed by atoms with Crippen LogP contribution in [0.5, 0.6) is 0 Å². The van der Waals surface area contributed by atoms with Gasteiger partial charge in [0.2, 0.25) is 5.79 Å². The Kier molecular flexibility index (Phi) is 18.6. The van der Waals surface area contributed by atoms with Crippen LogP contribution >= 0.6 is 0 Å². The number of amides is 1. The van der Waals surface area contributed by atoms with Gasteiger partial charge in [0.1, 0.15) is 12.1 Å². The molecule has 0 aromatic rings. The highest BCUT2D eigenvalue weighted by molar-refractivity contribution is 6.39. The molecule has 0 spiro atoms. The summed E-state index contributed by atoms with van der Waals surface area (Å²) in [5.74, 6) is -7.51. The van der Waals surface area contributed by atoms with E-state index in [0.717, 1.165) is 10.5 Å². The lowest BCUT2D eigenvalue weighted by atomic mass is 9.83. The van der Waals surface area contributed by atoms with Gasteiger partial charge in [-0.25, -0.2) is 4.79 Å². The minimum absolute atomic E-state index is 0.0316. The first kappa shape index (κ1) is 48.9. The molecule has 3 heterocycles. The molecular formula is C44H73NO12. The summed E-state index contributed by atoms with van der Waals surface area (Å²) in [6.45, 7) is 16.2. The summed E-state index contributed by atoms with van der Waals surface area (Å²) in [4.78, 5) is 42.8. The number of esters is 1. The van der Waals surface area contributed by atoms with Crippen molar-refractivity contribution < 1.29 is 59.6 Å². The Morgan fingerprint density at radius 2 is 1.61 bits per heavy atom. The van der Waals surface area contributed by atoms with Crippen molar-refractivity contribution in [1.29, 1.82) is 0 Å². The predicted molar refractivity (Wildman–Crippen MR) is 215 cm³/mol. The van der Waals surface area contributed by atoms with Crippen molar-refractivity contribution in [2.24, 2.45) is 29.6 Å². The molecule has 2 bridgehead atoms. The lowest BCUT2D eigenvalue weighted by Gasteiger charge is -2.42. The average Bonchev–Trinajstić information content (AvgIpc) is 3.64. The van der Waals surface area contributed by atoms with Crippen molar-refractivity contribution in [3.05, 3.63) is 34.9 Å². The largest absolute Gasteiger partial charge is 0.456 e. The van der Waals surface area contributed by atoms with Gasteiger partial charge in [-0.1, -0.05) is 59.8 Å². The van der Waals surface area contributed by atoms with E-state index in [9.17, 15) is 50.1 Å². The van der Waals surface area contributed by atoms with Gasteiger partial charge in [-0.2, -0.15) is 0 Å². The summed E-state index contributed by atoms with van der Waals surface area (Å²) in [5, 5.41) is 77.2. The Bertz CT molecular complexity index is 1440. The van der Waals surface area contributed by atoms with E-state index in [-0.39, 0.29) is 56.4 Å². The summed E-state index contributed by atoms with van der Waals surface area (Å²) in [5.41, 5.74) is 2.08. The fourth-order valence-corrected chi connectivity index (χ4v) is 8.46. The maximum atomic E-state index is 13.9. The van der Waals surface area contributed by atoms with Crippen LogP contribution in [-0.2, 0) is 23.9 Å². The zero-order chi connectivity index (χ0) is 42.9. The topological polar surface area (TPSA) is 215 Å². The van der Waals surface area contributed by atoms with E-state index in [0.29, 0.717) is 43.3 Å². The molecule has 2 fully saturated rings. The number of ether oxygens (including phenoxy) is 2. The molecule has 0 aromatic heterocycles. The van der Waals surface area contributed by atoms with Gasteiger partial charge >= 0.3 is 5.97 Å². The van der Waals surface area contributed by atoms with Gasteiger partial charge in [-0.3, -0.25) is 9.59 Å². The summed E-state index contributed by atoms with van der Waals surface area (Å²) in [6, 6.07) is -1.09. The third-order valence-electron chi connectivity index (χ3n) is 12.8. The SMILES string of the molecule is CCC1=CCC(/C(C)=C/C(C)C(C)O)OC(=O)C2CCCN2C(=O)C(=O)C2(O)OC(CCC2C)CC(O)C(C)C(O)CC(O)CC(O)C(C)=CC(C)CC(C)C1O. The van der Waals surface area contributed by atoms with Crippen LogP contribution in [0.1, 0.15) is 127 Å². The smallest absolute Gasteiger partial charge is 0.329 e. The number of rotatable bonds is 4. The molecule has 13 nitrogen and oxygen atoms in total. The first-order chi connectivity index (χ1) is 26.6. The number of hydrogen-bond donors (Lipinski definition) is 7. The molecule has 326 valence electrons. The van der Waals surface area contributed by atoms with E-state index in [1.807, 2.05) is 45.9 Å². The Labute approximate surface area is 339 Å². The molecule has 3 rings (SSSR count). The number of carbonyl (C=O) groups is 3. The lowest BCUT2D eigenvalue weighted by Crippen LogP contribution is -2.59. The Hall–Kier alpha value is -2.49. The fraction of sp³-hybridized carbons (Fsp3) is 0.795. The van der Waals surface area contributed by atoms with Crippen molar-refractivity contribution in [1.82, 2.24) is 4.90 Å². The van der Waals surface area contributed by atoms with Crippen molar-refractivity contribution in [2.75, 3.05) is 6.54 Å². The summed E-state index contributed by atoms with van der Waals surface area (Å²) in [6.07, 6.45) is 0.600. The van der Waals surface area contributed by atoms with Gasteiger partial charge in [0.05, 0.1) is 42.7 Å². The average molecular weight is 808 g/mol. The lowest BCUT2D eigenvalue weighted by molar-refractivity contribution is -0.266. The number of carbonyl (C=O) groups excluding carboxylic acids is 3. The third kappa shape index (κ3) is 13.0. The van der Waals surface area contributed by atoms with E-state index in [1.165, 1.54) is 0 Å². The number of cyclic esters (lactones) is 1. The normalized spacial score (nSPS) is 39.3. The Morgan fingerprint density at radius 3 is 2.25 bits per heavy atom. The van der Waals surface area contributed by atoms with Crippen molar-refractivity contribution >= 4 is 17.7 Å². The molecule has 0 aromatic carbocycles. The van der Waals surface area contributed by atoms with E-state index in [4.69, 9.17) is 9.47 Å². The highest BCUT2D eigenvalue weighted by atomic mass is 16.6. The molecule has 0 saturated carbocycles. The van der Waals surface area contributed by atoms with Gasteiger partial charge in [-0.15, -0.1) is 0 Å². The molecule has 1 amide bonds. The second kappa shape index (κ2) is 21.7. The summed E-state index contributed by atoms with van der Waals surface area (Å²) < 4.78 is 12.0. The van der Waals surface area contributed by atoms with Crippen LogP contribution in [0.15, 0.2) is 34.9 Å². The van der Waals surface area contributed by atoms with Gasteiger partial charge < -0.3 is 50.1 Å². The maximum Gasteiger partial charge on any atom is 0.329 e. The van der Waals surface area contributed by atoms with Crippen LogP contribution in [0, 0.1) is 29.6 Å². The van der Waals surface area contributed by atoms with Gasteiger partial charge in [-0.05, 0) is 101 Å². The zero-order valence-electron chi connectivity index (χ0n) is 35.7. The number of fused-ring (bicyclic) bond motifs is 3. The minimum atomic E-state index is -2.52. The molecule has 0 aliphatic carbocycles. The van der Waals surface area contributed by atoms with Crippen LogP contribution < -0.4 is 0 Å². The first-order valence-corrected chi connectivity index (χ1v) is 21.2. The summed E-state index contributed by atoms with van der Waals surface area (Å²) >= 11 is 0. The Morgan fingerprint density at radius 1 is 0.965 bits per heavy atom. The van der Waals surface area contributed by atoms with Crippen LogP contribution in [0.2, 0.25) is 0 Å². The van der Waals surface area contributed by atoms with Crippen molar-refractivity contribution in [3.63, 3.8) is 0 Å². The summed E-state index contributed by atoms with van der Waals surface area (Å²) in [7, 11) is 0. The standard InChI is InChI=1S/C44H73NO12/c1-10-32-14-16-39(27(5)20-25(3)31(9)46)56-43(54)35-12-11-17-45(35)42(53)41(52)44(55)29(7)13-15-34(57-44)23-38(50)30(8)37(49)22-33(47)21-36(48)26(4)18-24(2)19-28(6)40(32)51/h14,18,20,24-25,28-31,33-40,46-51,55H,10-13,15-17,19,21-23H2,1-9H3/b26-18?,27-20+,32-14?. The van der Waals surface area contributed by atoms with E-state index in [2.05, 4.69) is 0 Å². The van der Waals surface area contributed by atoms with Crippen LogP contribution in [0.4, 0.5) is 0 Å². The quantitative estimate of drug-likeness (QED) is 0.123. The van der Waals surface area contributed by atoms with Gasteiger partial charge in [0.25, 0.3) is 11.7 Å². The zero-order valence-corrected chi connectivity index (χ0v) is 35.7. The number of aliphatic hydroxyl groups is 7. The van der Waals surface area contributed by atoms with Crippen LogP contribution in [-0.4, -0.2) is 126 Å². The molecule has 15 unspecified atom stereocenters. The van der Waals surface area contributed by atoms with Crippen molar-refractivity contribution in [3.8, 4) is 0 Å². The highest BCUT2D eigenvalue weighted by Gasteiger charge is 2.53. The molecule has 3 aliphatic heterocycles. The molecule has 15 atom stereocenters. The number of Topliss-reactive ketones (excluding diaryl/α,β-unsaturated/α-hetero) is 1. The van der Waals surface area contributed by atoms with Crippen molar-refractivity contribution in [2.45, 2.75) is 187 Å². The third-order valence-corrected chi connectivity index (χ3v) is 12.8. The first-order valence-electron chi connectivity index (χ1n) is 21.2. The number of allylic oxidation sites excluding steroid dienone is 1. The number of nitrogens with zero attached hydrogens (tertiary/aromatic N) is 1. The second-order valence-corrected chi connectivity index (χ2v) is 17.6. The number of ketones is 1. The number of aliphatic hydroxyl groups excluding tert-OH is 6. The van der Waals surface area contributed by atoms with E-state index in [1.54, 1.807) is 34.6 Å². The monoisotopic (exact) mass is 808 g/mol. The molecule has 57 heavy (non-hydrogen) atoms. The Balaban J connectivity index is 2.01. The molecule has 13 heteroatoms. The van der Waals surface area contributed by atoms with Gasteiger partial charge in [0, 0.05) is 37.1 Å². The van der Waals surface area contributed by atoms with E-state index >= 15 is 0 Å². The second-order valence-electron chi connectivity index (χ2n) is 17.6. The molecule has 0 radical (unpaired) electrons. The minimum Gasteiger partial charge on any atom is -0.456 e. The van der Waals surface area contributed by atoms with Gasteiger partial charge in [0.15, 0.2) is 0 Å². The fourth-order valence-electron chi connectivity index (χ4n) is 8.46.